The average molecular weight is 1400 g/mol. The molecule has 0 aromatic carbocycles. The lowest BCUT2D eigenvalue weighted by Crippen LogP contribution is -2.24. The van der Waals surface area contributed by atoms with E-state index in [1.165, 1.54) is 108 Å². The van der Waals surface area contributed by atoms with Gasteiger partial charge in [0.05, 0.1) is 56.2 Å². The molecule has 0 aliphatic heterocycles. The number of imidazole rings is 4. The summed E-state index contributed by atoms with van der Waals surface area (Å²) in [6.07, 6.45) is 22.4. The highest BCUT2D eigenvalue weighted by molar-refractivity contribution is 6.29. The quantitative estimate of drug-likeness (QED) is 0.0689. The number of hydrogen-bond acceptors (Lipinski definition) is 27. The van der Waals surface area contributed by atoms with Crippen LogP contribution in [0.5, 0.6) is 0 Å². The van der Waals surface area contributed by atoms with Gasteiger partial charge in [0.1, 0.15) is 44.7 Å². The highest BCUT2D eigenvalue weighted by atomic mass is 35.5. The number of rotatable bonds is 9. The number of fused-ring (bicyclic) bond motifs is 4. The van der Waals surface area contributed by atoms with E-state index < -0.39 is 75.7 Å². The lowest BCUT2D eigenvalue weighted by Gasteiger charge is -2.18. The van der Waals surface area contributed by atoms with Crippen molar-refractivity contribution < 1.29 is 71.9 Å². The van der Waals surface area contributed by atoms with Crippen molar-refractivity contribution in [3.05, 3.63) is 173 Å². The number of nitrogens with zero attached hydrogens (tertiary/aromatic N) is 18. The molecule has 0 aliphatic carbocycles. The Morgan fingerprint density at radius 3 is 1.03 bits per heavy atom. The number of ether oxygens (including phenoxy) is 6. The second-order valence-corrected chi connectivity index (χ2v) is 25.7. The molecular weight excluding hydrogens is 1320 g/mol. The molecule has 35 nitrogen and oxygen atoms in total. The molecule has 0 fully saturated rings. The number of aromatic nitrogens is 16. The molecule has 0 bridgehead atoms. The van der Waals surface area contributed by atoms with Crippen LogP contribution in [0.2, 0.25) is 5.15 Å². The van der Waals surface area contributed by atoms with E-state index in [0.717, 1.165) is 0 Å². The van der Waals surface area contributed by atoms with E-state index in [1.807, 2.05) is 0 Å². The van der Waals surface area contributed by atoms with Crippen LogP contribution in [0.3, 0.4) is 0 Å². The first kappa shape index (κ1) is 78.2. The number of amides is 1. The van der Waals surface area contributed by atoms with Gasteiger partial charge in [-0.3, -0.25) is 13.6 Å². The van der Waals surface area contributed by atoms with Gasteiger partial charge in [0.25, 0.3) is 17.5 Å². The average Bonchev–Trinajstić information content (AvgIpc) is 1.64. The Morgan fingerprint density at radius 2 is 0.710 bits per heavy atom. The Bertz CT molecular complexity index is 4640. The van der Waals surface area contributed by atoms with Crippen LogP contribution in [-0.2, 0) is 28.4 Å². The van der Waals surface area contributed by atoms with Gasteiger partial charge in [-0.1, -0.05) is 34.7 Å². The number of hydrogen-bond donors (Lipinski definition) is 3. The molecular formula is C64H71ClN20O15. The molecule has 0 saturated heterocycles. The molecule has 10 rings (SSSR count). The van der Waals surface area contributed by atoms with E-state index in [-0.39, 0.29) is 74.8 Å². The molecule has 0 unspecified atom stereocenters. The fourth-order valence-corrected chi connectivity index (χ4v) is 7.14. The number of halogens is 1. The number of nitrogen functional groups attached to an aromatic ring is 1. The molecule has 0 aliphatic rings. The monoisotopic (exact) mass is 1390 g/mol. The van der Waals surface area contributed by atoms with E-state index in [2.05, 4.69) is 69.5 Å². The van der Waals surface area contributed by atoms with Crippen molar-refractivity contribution in [2.45, 2.75) is 139 Å². The van der Waals surface area contributed by atoms with Crippen LogP contribution in [-0.4, -0.2) is 165 Å². The van der Waals surface area contributed by atoms with Crippen LogP contribution in [0.25, 0.3) is 32.3 Å². The molecule has 10 heterocycles. The predicted octanol–water partition coefficient (Wildman–Crippen LogP) is 8.96. The molecule has 0 radical (unpaired) electrons. The summed E-state index contributed by atoms with van der Waals surface area (Å²) in [6.45, 7) is 42.3. The van der Waals surface area contributed by atoms with Crippen LogP contribution in [0, 0.1) is 13.1 Å². The van der Waals surface area contributed by atoms with Gasteiger partial charge in [0.15, 0.2) is 51.2 Å². The van der Waals surface area contributed by atoms with Crippen molar-refractivity contribution >= 4 is 99.3 Å². The van der Waals surface area contributed by atoms with Crippen LogP contribution in [0.15, 0.2) is 99.1 Å². The zero-order valence-corrected chi connectivity index (χ0v) is 57.9. The van der Waals surface area contributed by atoms with Crippen molar-refractivity contribution in [2.24, 2.45) is 5.73 Å². The zero-order chi connectivity index (χ0) is 74.8. The number of aromatic carboxylic acids is 1. The SMILES string of the molecule is CC(C)(C)OC(=O)c1cn2cc(C(N)=O)nc2cn1.CC(C)(C)OC(=O)c1cnc(Cl)cn1.CC(C)(C)OC(=O)c1cnc(N)cn1.CCOC(=O)c1cn2cc(C(=O)OC(C)(C)C)ncc2n1.[C-]#[N+]c1cn2cc(C(=O)O)ncc2n1.[C-]#[N+]c1cn2cc(C(=O)OC(C)(C)C)ncc2n1. The summed E-state index contributed by atoms with van der Waals surface area (Å²) < 4.78 is 36.8. The van der Waals surface area contributed by atoms with Crippen molar-refractivity contribution in [2.75, 3.05) is 12.3 Å². The summed E-state index contributed by atoms with van der Waals surface area (Å²) in [5, 5.41) is 8.90. The smallest absolute Gasteiger partial charge is 0.359 e. The summed E-state index contributed by atoms with van der Waals surface area (Å²) in [7, 11) is 0. The number of nitrogens with two attached hydrogens (primary N) is 2. The Morgan fingerprint density at radius 1 is 0.410 bits per heavy atom. The van der Waals surface area contributed by atoms with Crippen LogP contribution < -0.4 is 11.5 Å². The molecule has 5 N–H and O–H groups in total. The maximum atomic E-state index is 11.9. The van der Waals surface area contributed by atoms with Crippen LogP contribution >= 0.6 is 11.6 Å². The van der Waals surface area contributed by atoms with Crippen molar-refractivity contribution in [3.8, 4) is 0 Å². The largest absolute Gasteiger partial charge is 0.476 e. The molecule has 10 aromatic rings. The zero-order valence-electron chi connectivity index (χ0n) is 57.2. The number of carboxylic acid groups (broad SMARTS) is 1. The number of esters is 6. The second kappa shape index (κ2) is 32.9. The Kier molecular flexibility index (Phi) is 25.8. The third-order valence-electron chi connectivity index (χ3n) is 10.9. The van der Waals surface area contributed by atoms with Gasteiger partial charge in [0.2, 0.25) is 11.3 Å². The van der Waals surface area contributed by atoms with E-state index >= 15 is 0 Å². The van der Waals surface area contributed by atoms with Gasteiger partial charge in [0, 0.05) is 49.6 Å². The molecule has 0 atom stereocenters. The lowest BCUT2D eigenvalue weighted by molar-refractivity contribution is 0.00498. The summed E-state index contributed by atoms with van der Waals surface area (Å²) in [5.74, 6) is -4.06. The van der Waals surface area contributed by atoms with E-state index in [0.29, 0.717) is 22.6 Å². The van der Waals surface area contributed by atoms with Gasteiger partial charge in [-0.2, -0.15) is 0 Å². The van der Waals surface area contributed by atoms with E-state index in [9.17, 15) is 38.4 Å². The minimum atomic E-state index is -1.11. The lowest BCUT2D eigenvalue weighted by atomic mass is 10.2. The predicted molar refractivity (Wildman–Crippen MR) is 355 cm³/mol. The summed E-state index contributed by atoms with van der Waals surface area (Å²) in [5.41, 5.74) is 10.5. The van der Waals surface area contributed by atoms with Crippen molar-refractivity contribution in [1.82, 2.24) is 77.4 Å². The first-order valence-corrected chi connectivity index (χ1v) is 29.9. The molecule has 1 amide bonds. The van der Waals surface area contributed by atoms with Gasteiger partial charge in [-0.25, -0.2) is 83.4 Å². The van der Waals surface area contributed by atoms with E-state index in [4.69, 9.17) is 69.7 Å². The number of carboxylic acids is 1. The Hall–Kier alpha value is -12.5. The normalized spacial score (nSPS) is 11.1. The van der Waals surface area contributed by atoms with Crippen LogP contribution in [0.1, 0.15) is 195 Å². The fraction of sp³-hybridized carbons (Fsp3) is 0.344. The fourth-order valence-electron chi connectivity index (χ4n) is 7.04. The number of primary amides is 1. The second-order valence-electron chi connectivity index (χ2n) is 25.3. The third kappa shape index (κ3) is 25.2. The van der Waals surface area contributed by atoms with Crippen molar-refractivity contribution in [1.29, 1.82) is 0 Å². The van der Waals surface area contributed by atoms with E-state index in [1.54, 1.807) is 120 Å². The Balaban J connectivity index is 0.000000218. The topological polar surface area (TPSA) is 445 Å². The minimum Gasteiger partial charge on any atom is -0.476 e. The first-order chi connectivity index (χ1) is 46.4. The molecule has 0 spiro atoms. The van der Waals surface area contributed by atoms with Gasteiger partial charge in [-0.05, 0) is 111 Å². The maximum Gasteiger partial charge on any atom is 0.359 e. The highest BCUT2D eigenvalue weighted by Crippen LogP contribution is 2.19. The highest BCUT2D eigenvalue weighted by Gasteiger charge is 2.25. The third-order valence-corrected chi connectivity index (χ3v) is 11.1. The first-order valence-electron chi connectivity index (χ1n) is 29.5. The number of carbonyl (C=O) groups excluding carboxylic acids is 7. The number of carbonyl (C=O) groups is 8. The molecule has 524 valence electrons. The van der Waals surface area contributed by atoms with Gasteiger partial charge < -0.3 is 63.5 Å². The number of anilines is 1. The molecule has 0 saturated carbocycles. The summed E-state index contributed by atoms with van der Waals surface area (Å²) in [6, 6.07) is 0. The van der Waals surface area contributed by atoms with Gasteiger partial charge in [-0.15, -0.1) is 0 Å². The Labute approximate surface area is 575 Å². The molecule has 36 heteroatoms. The maximum absolute atomic E-state index is 11.9. The molecule has 10 aromatic heterocycles. The van der Waals surface area contributed by atoms with Crippen LogP contribution in [0.4, 0.5) is 17.5 Å². The summed E-state index contributed by atoms with van der Waals surface area (Å²) >= 11 is 5.52. The summed E-state index contributed by atoms with van der Waals surface area (Å²) in [4.78, 5) is 145. The molecule has 100 heavy (non-hydrogen) atoms. The minimum absolute atomic E-state index is 0.0774. The van der Waals surface area contributed by atoms with Crippen molar-refractivity contribution in [3.63, 3.8) is 0 Å². The standard InChI is InChI=1S/C14H17N3O4.C12H14N4O3.C12H12N4O2.C9H11ClN2O2.C9H13N3O2.C8H4N4O2/c1-5-20-12(18)10-8-17-7-9(15-6-11(17)16-10)13(19)21-14(2,3)4;1-12(2,3)19-11(18)8-6-16-5-7(10(13)17)15-9(16)4-14-8;1-12(2,3)18-11(17)8-6-16-7-9(13-4)15-10(16)5-14-8;2*1-9(2,3)14-8(13)6-4-12-7(10)5-11-6;1-9-6-4-12-3-5(8(13)14)10-2-7(12)11-6/h6-8H,5H2,1-4H3;4-6H,1-3H3,(H2,13,17);5-7H,1-3H3;4-5H,1-3H3;4-5H,1-3H3,(H2,10,12);2-4H,(H,13,14). The van der Waals surface area contributed by atoms with Gasteiger partial charge >= 0.3 is 41.8 Å².